The van der Waals surface area contributed by atoms with E-state index in [1.54, 1.807) is 36.4 Å². The van der Waals surface area contributed by atoms with E-state index in [0.717, 1.165) is 17.5 Å². The molecule has 7 nitrogen and oxygen atoms in total. The summed E-state index contributed by atoms with van der Waals surface area (Å²) in [4.78, 5) is 16.0. The summed E-state index contributed by atoms with van der Waals surface area (Å²) in [6, 6.07) is 12.2. The molecule has 0 unspecified atom stereocenters. The first-order valence-electron chi connectivity index (χ1n) is 9.79. The number of carboxylic acid groups (broad SMARTS) is 1. The van der Waals surface area contributed by atoms with Gasteiger partial charge in [-0.15, -0.1) is 0 Å². The third kappa shape index (κ3) is 3.76. The molecule has 2 aliphatic heterocycles. The second-order valence-electron chi connectivity index (χ2n) is 7.65. The molecule has 0 aliphatic carbocycles. The summed E-state index contributed by atoms with van der Waals surface area (Å²) < 4.78 is 27.3. The fourth-order valence-corrected chi connectivity index (χ4v) is 5.31. The van der Waals surface area contributed by atoms with Gasteiger partial charge in [-0.2, -0.15) is 4.31 Å². The molecule has 0 spiro atoms. The average Bonchev–Trinajstić information content (AvgIpc) is 2.84. The van der Waals surface area contributed by atoms with Gasteiger partial charge in [-0.05, 0) is 41.3 Å². The van der Waals surface area contributed by atoms with Crippen LogP contribution in [-0.4, -0.2) is 42.7 Å². The number of hydrogen-bond donors (Lipinski definition) is 2. The van der Waals surface area contributed by atoms with Crippen LogP contribution in [0.1, 0.15) is 25.3 Å². The smallest absolute Gasteiger partial charge is 0.332 e. The van der Waals surface area contributed by atoms with Gasteiger partial charge >= 0.3 is 5.97 Å². The van der Waals surface area contributed by atoms with Gasteiger partial charge in [-0.3, -0.25) is 0 Å². The first-order chi connectivity index (χ1) is 14.3. The molecule has 0 bridgehead atoms. The number of fused-ring (bicyclic) bond motifs is 1. The molecule has 3 N–H and O–H groups in total. The maximum absolute atomic E-state index is 12.9. The van der Waals surface area contributed by atoms with Crippen molar-refractivity contribution >= 4 is 33.6 Å². The van der Waals surface area contributed by atoms with Gasteiger partial charge in [0.1, 0.15) is 5.84 Å². The van der Waals surface area contributed by atoms with Crippen molar-refractivity contribution < 1.29 is 18.3 Å². The van der Waals surface area contributed by atoms with Gasteiger partial charge < -0.3 is 10.8 Å². The van der Waals surface area contributed by atoms with Crippen LogP contribution in [0.3, 0.4) is 0 Å². The molecule has 0 atom stereocenters. The van der Waals surface area contributed by atoms with Crippen molar-refractivity contribution in [2.45, 2.75) is 24.7 Å². The van der Waals surface area contributed by atoms with Crippen LogP contribution in [0, 0.1) is 5.92 Å². The van der Waals surface area contributed by atoms with E-state index in [0.29, 0.717) is 30.3 Å². The summed E-state index contributed by atoms with van der Waals surface area (Å²) in [5.74, 6) is -0.377. The van der Waals surface area contributed by atoms with Gasteiger partial charge in [0.25, 0.3) is 0 Å². The molecule has 8 heteroatoms. The maximum Gasteiger partial charge on any atom is 0.332 e. The van der Waals surface area contributed by atoms with Crippen LogP contribution in [0.2, 0.25) is 0 Å². The number of benzene rings is 2. The topological polar surface area (TPSA) is 113 Å². The lowest BCUT2D eigenvalue weighted by Gasteiger charge is -2.37. The van der Waals surface area contributed by atoms with Crippen LogP contribution in [0.15, 0.2) is 57.9 Å². The molecule has 2 heterocycles. The van der Waals surface area contributed by atoms with E-state index in [4.69, 9.17) is 5.73 Å². The predicted octanol–water partition coefficient (Wildman–Crippen LogP) is 3.24. The number of nitrogens with two attached hydrogens (primary N) is 1. The Labute approximate surface area is 175 Å². The normalized spacial score (nSPS) is 17.4. The fraction of sp³-hybridized carbons (Fsp3) is 0.273. The summed E-state index contributed by atoms with van der Waals surface area (Å²) in [6.07, 6.45) is 2.62. The lowest BCUT2D eigenvalue weighted by Crippen LogP contribution is -2.49. The number of aliphatic imine (C=N–C) groups is 1. The highest BCUT2D eigenvalue weighted by Gasteiger charge is 2.35. The van der Waals surface area contributed by atoms with Crippen LogP contribution in [0.4, 0.5) is 5.69 Å². The molecular formula is C22H23N3O4S. The zero-order valence-electron chi connectivity index (χ0n) is 16.6. The van der Waals surface area contributed by atoms with E-state index >= 15 is 0 Å². The van der Waals surface area contributed by atoms with E-state index in [1.165, 1.54) is 4.31 Å². The lowest BCUT2D eigenvalue weighted by atomic mass is 10.0. The van der Waals surface area contributed by atoms with Crippen molar-refractivity contribution in [2.75, 3.05) is 13.1 Å². The zero-order valence-corrected chi connectivity index (χ0v) is 17.4. The fourth-order valence-electron chi connectivity index (χ4n) is 3.67. The molecule has 1 saturated heterocycles. The zero-order chi connectivity index (χ0) is 21.5. The van der Waals surface area contributed by atoms with Crippen LogP contribution >= 0.6 is 0 Å². The molecule has 0 amide bonds. The van der Waals surface area contributed by atoms with E-state index in [1.807, 2.05) is 12.1 Å². The summed E-state index contributed by atoms with van der Waals surface area (Å²) in [6.45, 7) is 3.19. The van der Waals surface area contributed by atoms with E-state index in [9.17, 15) is 18.3 Å². The Morgan fingerprint density at radius 2 is 1.93 bits per heavy atom. The van der Waals surface area contributed by atoms with Crippen LogP contribution in [0.5, 0.6) is 0 Å². The standard InChI is InChI=1S/C22H23N3O4S/c1-2-14-12-25(13-14)30(28,29)19-5-3-4-15(9-19)16-6-7-17-8-18(22(26)27)11-21(23)24-20(17)10-16/h3-10,14H,2,11-13H2,1H3,(H2,23,24)(H,26,27). The highest BCUT2D eigenvalue weighted by molar-refractivity contribution is 7.89. The Kier molecular flexibility index (Phi) is 5.21. The van der Waals surface area contributed by atoms with E-state index in [-0.39, 0.29) is 22.7 Å². The Bertz CT molecular complexity index is 1180. The van der Waals surface area contributed by atoms with E-state index < -0.39 is 16.0 Å². The predicted molar refractivity (Wildman–Crippen MR) is 116 cm³/mol. The van der Waals surface area contributed by atoms with Gasteiger partial charge in [0.2, 0.25) is 10.0 Å². The molecule has 156 valence electrons. The van der Waals surface area contributed by atoms with Crippen molar-refractivity contribution in [3.8, 4) is 11.1 Å². The minimum Gasteiger partial charge on any atom is -0.478 e. The van der Waals surface area contributed by atoms with Crippen LogP contribution in [0.25, 0.3) is 17.2 Å². The number of aliphatic carboxylic acids is 1. The molecular weight excluding hydrogens is 402 g/mol. The molecule has 0 saturated carbocycles. The quantitative estimate of drug-likeness (QED) is 0.763. The summed E-state index contributed by atoms with van der Waals surface area (Å²) in [5, 5.41) is 9.31. The number of nitrogens with zero attached hydrogens (tertiary/aromatic N) is 2. The van der Waals surface area contributed by atoms with Crippen molar-refractivity contribution in [3.05, 3.63) is 53.6 Å². The summed E-state index contributed by atoms with van der Waals surface area (Å²) in [5.41, 5.74) is 8.80. The second kappa shape index (κ2) is 7.70. The van der Waals surface area contributed by atoms with Crippen molar-refractivity contribution in [2.24, 2.45) is 16.6 Å². The van der Waals surface area contributed by atoms with E-state index in [2.05, 4.69) is 11.9 Å². The SMILES string of the molecule is CCC1CN(S(=O)(=O)c2cccc(-c3ccc4c(c3)N=C(N)CC(C(=O)O)=C4)c2)C1. The van der Waals surface area contributed by atoms with Crippen molar-refractivity contribution in [1.82, 2.24) is 4.31 Å². The number of sulfonamides is 1. The first kappa shape index (κ1) is 20.3. The minimum absolute atomic E-state index is 0.0711. The van der Waals surface area contributed by atoms with Gasteiger partial charge in [0.05, 0.1) is 10.6 Å². The molecule has 2 aromatic carbocycles. The summed E-state index contributed by atoms with van der Waals surface area (Å²) >= 11 is 0. The molecule has 0 aromatic heterocycles. The van der Waals surface area contributed by atoms with Crippen molar-refractivity contribution in [3.63, 3.8) is 0 Å². The molecule has 0 radical (unpaired) electrons. The van der Waals surface area contributed by atoms with Gasteiger partial charge in [-0.25, -0.2) is 18.2 Å². The monoisotopic (exact) mass is 425 g/mol. The minimum atomic E-state index is -3.51. The molecule has 2 aliphatic rings. The largest absolute Gasteiger partial charge is 0.478 e. The third-order valence-corrected chi connectivity index (χ3v) is 7.40. The first-order valence-corrected chi connectivity index (χ1v) is 11.2. The average molecular weight is 426 g/mol. The molecule has 30 heavy (non-hydrogen) atoms. The number of hydrogen-bond acceptors (Lipinski definition) is 5. The van der Waals surface area contributed by atoms with Gasteiger partial charge in [0, 0.05) is 30.6 Å². The second-order valence-corrected chi connectivity index (χ2v) is 9.59. The Hall–Kier alpha value is -2.97. The lowest BCUT2D eigenvalue weighted by molar-refractivity contribution is -0.132. The maximum atomic E-state index is 12.9. The van der Waals surface area contributed by atoms with Crippen molar-refractivity contribution in [1.29, 1.82) is 0 Å². The highest BCUT2D eigenvalue weighted by atomic mass is 32.2. The Morgan fingerprint density at radius 3 is 2.63 bits per heavy atom. The number of amidine groups is 1. The highest BCUT2D eigenvalue weighted by Crippen LogP contribution is 2.33. The van der Waals surface area contributed by atoms with Gasteiger partial charge in [0.15, 0.2) is 0 Å². The molecule has 2 aromatic rings. The number of rotatable bonds is 5. The van der Waals surface area contributed by atoms with Crippen LogP contribution < -0.4 is 5.73 Å². The Balaban J connectivity index is 1.69. The van der Waals surface area contributed by atoms with Crippen LogP contribution in [-0.2, 0) is 14.8 Å². The Morgan fingerprint density at radius 1 is 1.20 bits per heavy atom. The molecule has 4 rings (SSSR count). The number of carbonyl (C=O) groups is 1. The summed E-state index contributed by atoms with van der Waals surface area (Å²) in [7, 11) is -3.51. The molecule has 1 fully saturated rings. The van der Waals surface area contributed by atoms with Gasteiger partial charge in [-0.1, -0.05) is 37.6 Å². The third-order valence-electron chi connectivity index (χ3n) is 5.58. The number of carboxylic acids is 1.